The monoisotopic (exact) mass is 299 g/mol. The van der Waals surface area contributed by atoms with Crippen LogP contribution in [0, 0.1) is 6.92 Å². The van der Waals surface area contributed by atoms with Crippen LogP contribution in [0.4, 0.5) is 0 Å². The van der Waals surface area contributed by atoms with Crippen LogP contribution >= 0.6 is 34.5 Å². The van der Waals surface area contributed by atoms with Crippen molar-refractivity contribution in [3.63, 3.8) is 0 Å². The molecule has 0 fully saturated rings. The van der Waals surface area contributed by atoms with Gasteiger partial charge in [0.2, 0.25) is 0 Å². The van der Waals surface area contributed by atoms with Crippen LogP contribution in [0.2, 0.25) is 0 Å². The second-order valence-electron chi connectivity index (χ2n) is 3.61. The molecule has 0 aliphatic carbocycles. The van der Waals surface area contributed by atoms with Crippen molar-refractivity contribution in [3.8, 4) is 10.6 Å². The molecule has 6 heteroatoms. The number of aromatic nitrogens is 1. The maximum Gasteiger partial charge on any atom is 0.272 e. The second-order valence-corrected chi connectivity index (χ2v) is 5.30. The molecular formula is C12H7Cl2NO2S. The summed E-state index contributed by atoms with van der Waals surface area (Å²) in [6.45, 7) is 1.97. The molecule has 0 radical (unpaired) electrons. The summed E-state index contributed by atoms with van der Waals surface area (Å²) in [6, 6.07) is 7.56. The average Bonchev–Trinajstić information content (AvgIpc) is 2.75. The lowest BCUT2D eigenvalue weighted by molar-refractivity contribution is 0.105. The lowest BCUT2D eigenvalue weighted by atomic mass is 10.2. The van der Waals surface area contributed by atoms with Gasteiger partial charge in [0.25, 0.3) is 10.5 Å². The molecule has 0 N–H and O–H groups in total. The number of carbonyl (C=O) groups is 2. The molecule has 1 heterocycles. The SMILES string of the molecule is Cc1ccc(-c2nc(C(=O)Cl)c(C(=O)Cl)s2)cc1. The normalized spacial score (nSPS) is 10.4. The first-order valence-electron chi connectivity index (χ1n) is 4.96. The number of aryl methyl sites for hydroxylation is 1. The molecule has 1 aromatic heterocycles. The van der Waals surface area contributed by atoms with Crippen LogP contribution < -0.4 is 0 Å². The van der Waals surface area contributed by atoms with Crippen LogP contribution in [0.3, 0.4) is 0 Å². The fourth-order valence-electron chi connectivity index (χ4n) is 1.41. The molecule has 0 spiro atoms. The molecule has 0 saturated heterocycles. The van der Waals surface area contributed by atoms with Crippen molar-refractivity contribution in [3.05, 3.63) is 40.4 Å². The van der Waals surface area contributed by atoms with Gasteiger partial charge in [-0.25, -0.2) is 4.98 Å². The zero-order valence-corrected chi connectivity index (χ0v) is 11.6. The van der Waals surface area contributed by atoms with E-state index in [-0.39, 0.29) is 10.6 Å². The van der Waals surface area contributed by atoms with E-state index in [2.05, 4.69) is 4.98 Å². The van der Waals surface area contributed by atoms with E-state index in [1.54, 1.807) is 0 Å². The van der Waals surface area contributed by atoms with Gasteiger partial charge < -0.3 is 0 Å². The Labute approximate surface area is 117 Å². The van der Waals surface area contributed by atoms with Gasteiger partial charge in [-0.1, -0.05) is 29.8 Å². The Morgan fingerprint density at radius 3 is 2.17 bits per heavy atom. The molecule has 2 aromatic rings. The Morgan fingerprint density at radius 1 is 1.11 bits per heavy atom. The summed E-state index contributed by atoms with van der Waals surface area (Å²) in [5.41, 5.74) is 1.84. The molecule has 0 saturated carbocycles. The van der Waals surface area contributed by atoms with Gasteiger partial charge in [0.05, 0.1) is 0 Å². The molecule has 3 nitrogen and oxygen atoms in total. The van der Waals surface area contributed by atoms with Crippen molar-refractivity contribution in [1.82, 2.24) is 4.98 Å². The maximum atomic E-state index is 11.2. The van der Waals surface area contributed by atoms with E-state index in [4.69, 9.17) is 23.2 Å². The van der Waals surface area contributed by atoms with Gasteiger partial charge in [-0.3, -0.25) is 9.59 Å². The van der Waals surface area contributed by atoms with Crippen LogP contribution in [-0.2, 0) is 0 Å². The van der Waals surface area contributed by atoms with Crippen LogP contribution in [0.15, 0.2) is 24.3 Å². The smallest absolute Gasteiger partial charge is 0.272 e. The summed E-state index contributed by atoms with van der Waals surface area (Å²) < 4.78 is 0. The van der Waals surface area contributed by atoms with Crippen molar-refractivity contribution in [2.75, 3.05) is 0 Å². The summed E-state index contributed by atoms with van der Waals surface area (Å²) >= 11 is 11.8. The number of rotatable bonds is 3. The summed E-state index contributed by atoms with van der Waals surface area (Å²) in [5, 5.41) is -0.966. The minimum Gasteiger partial charge on any atom is -0.275 e. The van der Waals surface area contributed by atoms with E-state index in [1.807, 2.05) is 31.2 Å². The summed E-state index contributed by atoms with van der Waals surface area (Å²) in [5.74, 6) is 0. The van der Waals surface area contributed by atoms with Gasteiger partial charge >= 0.3 is 0 Å². The minimum atomic E-state index is -0.784. The Hall–Kier alpha value is -1.23. The predicted molar refractivity (Wildman–Crippen MR) is 72.7 cm³/mol. The predicted octanol–water partition coefficient (Wildman–Crippen LogP) is 3.88. The van der Waals surface area contributed by atoms with Crippen molar-refractivity contribution in [1.29, 1.82) is 0 Å². The Kier molecular flexibility index (Phi) is 3.80. The quantitative estimate of drug-likeness (QED) is 0.808. The molecule has 18 heavy (non-hydrogen) atoms. The highest BCUT2D eigenvalue weighted by atomic mass is 35.5. The number of hydrogen-bond acceptors (Lipinski definition) is 4. The zero-order valence-electron chi connectivity index (χ0n) is 9.24. The summed E-state index contributed by atoms with van der Waals surface area (Å²) in [4.78, 5) is 26.5. The molecule has 0 atom stereocenters. The summed E-state index contributed by atoms with van der Waals surface area (Å²) in [6.07, 6.45) is 0. The molecule has 2 rings (SSSR count). The Balaban J connectivity index is 2.53. The fraction of sp³-hybridized carbons (Fsp3) is 0.0833. The Morgan fingerprint density at radius 2 is 1.72 bits per heavy atom. The van der Waals surface area contributed by atoms with Crippen LogP contribution in [0.5, 0.6) is 0 Å². The molecule has 0 aliphatic heterocycles. The third-order valence-electron chi connectivity index (χ3n) is 2.29. The van der Waals surface area contributed by atoms with Crippen LogP contribution in [0.25, 0.3) is 10.6 Å². The molecule has 0 amide bonds. The zero-order chi connectivity index (χ0) is 13.3. The van der Waals surface area contributed by atoms with E-state index < -0.39 is 10.5 Å². The van der Waals surface area contributed by atoms with Crippen molar-refractivity contribution < 1.29 is 9.59 Å². The minimum absolute atomic E-state index is 0.0761. The van der Waals surface area contributed by atoms with Crippen molar-refractivity contribution in [2.45, 2.75) is 6.92 Å². The highest BCUT2D eigenvalue weighted by molar-refractivity contribution is 7.19. The van der Waals surface area contributed by atoms with Crippen LogP contribution in [-0.4, -0.2) is 15.5 Å². The van der Waals surface area contributed by atoms with E-state index in [9.17, 15) is 9.59 Å². The lowest BCUT2D eigenvalue weighted by Crippen LogP contribution is -1.97. The second kappa shape index (κ2) is 5.18. The number of hydrogen-bond donors (Lipinski definition) is 0. The number of carbonyl (C=O) groups excluding carboxylic acids is 2. The lowest BCUT2D eigenvalue weighted by Gasteiger charge is -1.96. The third kappa shape index (κ3) is 2.61. The molecular weight excluding hydrogens is 293 g/mol. The molecule has 0 unspecified atom stereocenters. The summed E-state index contributed by atoms with van der Waals surface area (Å²) in [7, 11) is 0. The average molecular weight is 300 g/mol. The van der Waals surface area contributed by atoms with Crippen LogP contribution in [0.1, 0.15) is 25.7 Å². The van der Waals surface area contributed by atoms with Gasteiger partial charge in [0, 0.05) is 5.56 Å². The molecule has 92 valence electrons. The number of halogens is 2. The number of nitrogens with zero attached hydrogens (tertiary/aromatic N) is 1. The Bertz CT molecular complexity index is 588. The molecule has 0 bridgehead atoms. The van der Waals surface area contributed by atoms with Gasteiger partial charge in [-0.05, 0) is 30.1 Å². The van der Waals surface area contributed by atoms with E-state index in [0.717, 1.165) is 22.5 Å². The van der Waals surface area contributed by atoms with Crippen molar-refractivity contribution >= 4 is 45.0 Å². The number of thiazole rings is 1. The fourth-order valence-corrected chi connectivity index (χ4v) is 2.70. The van der Waals surface area contributed by atoms with Gasteiger partial charge in [0.15, 0.2) is 0 Å². The first-order chi connectivity index (χ1) is 8.49. The first-order valence-corrected chi connectivity index (χ1v) is 6.54. The highest BCUT2D eigenvalue weighted by Gasteiger charge is 2.21. The standard InChI is InChI=1S/C12H7Cl2NO2S/c1-6-2-4-7(5-3-6)12-15-8(10(13)16)9(18-12)11(14)17/h2-5H,1H3. The van der Waals surface area contributed by atoms with Crippen molar-refractivity contribution in [2.24, 2.45) is 0 Å². The first kappa shape index (κ1) is 13.2. The molecule has 0 aliphatic rings. The largest absolute Gasteiger partial charge is 0.275 e. The van der Waals surface area contributed by atoms with E-state index in [0.29, 0.717) is 5.01 Å². The van der Waals surface area contributed by atoms with Gasteiger partial charge in [-0.15, -0.1) is 11.3 Å². The van der Waals surface area contributed by atoms with E-state index >= 15 is 0 Å². The van der Waals surface area contributed by atoms with E-state index in [1.165, 1.54) is 0 Å². The third-order valence-corrected chi connectivity index (χ3v) is 3.87. The number of benzene rings is 1. The highest BCUT2D eigenvalue weighted by Crippen LogP contribution is 2.30. The van der Waals surface area contributed by atoms with Gasteiger partial charge in [0.1, 0.15) is 15.6 Å². The van der Waals surface area contributed by atoms with Gasteiger partial charge in [-0.2, -0.15) is 0 Å². The topological polar surface area (TPSA) is 47.0 Å². The molecule has 1 aromatic carbocycles. The maximum absolute atomic E-state index is 11.2.